The normalized spacial score (nSPS) is 11.7. The third-order valence-electron chi connectivity index (χ3n) is 3.22. The Kier molecular flexibility index (Phi) is 6.11. The Morgan fingerprint density at radius 2 is 1.90 bits per heavy atom. The van der Waals surface area contributed by atoms with Gasteiger partial charge < -0.3 is 9.84 Å². The highest BCUT2D eigenvalue weighted by Crippen LogP contribution is 2.32. The van der Waals surface area contributed by atoms with Gasteiger partial charge in [0.2, 0.25) is 0 Å². The molecular weight excluding hydrogens is 301 g/mol. The van der Waals surface area contributed by atoms with Crippen LogP contribution in [0.1, 0.15) is 20.8 Å². The number of likely N-dealkylation sites (N-methyl/N-ethyl adjacent to an activating group) is 1. The molecule has 0 fully saturated rings. The van der Waals surface area contributed by atoms with Crippen LogP contribution in [0.3, 0.4) is 0 Å². The van der Waals surface area contributed by atoms with Gasteiger partial charge in [-0.05, 0) is 32.5 Å². The van der Waals surface area contributed by atoms with Crippen LogP contribution < -0.4 is 4.74 Å². The Labute approximate surface area is 129 Å². The maximum Gasteiger partial charge on any atom is 0.323 e. The molecule has 1 aromatic carbocycles. The van der Waals surface area contributed by atoms with Gasteiger partial charge in [-0.2, -0.15) is 0 Å². The highest BCUT2D eigenvalue weighted by Gasteiger charge is 2.33. The number of hydrogen-bond acceptors (Lipinski definition) is 3. The van der Waals surface area contributed by atoms with Gasteiger partial charge in [0.15, 0.2) is 5.75 Å². The first-order valence-corrected chi connectivity index (χ1v) is 7.11. The SMILES string of the molecule is CCN(CCOc1c(Cl)cccc1Cl)C(C)(C)C(=O)O. The lowest BCUT2D eigenvalue weighted by Gasteiger charge is -2.33. The number of hydrogen-bond donors (Lipinski definition) is 1. The van der Waals surface area contributed by atoms with E-state index in [1.807, 2.05) is 11.8 Å². The quantitative estimate of drug-likeness (QED) is 0.834. The van der Waals surface area contributed by atoms with Crippen LogP contribution in [0.4, 0.5) is 0 Å². The maximum atomic E-state index is 11.2. The number of carboxylic acids is 1. The predicted molar refractivity (Wildman–Crippen MR) is 80.9 cm³/mol. The summed E-state index contributed by atoms with van der Waals surface area (Å²) in [6.07, 6.45) is 0. The molecule has 0 spiro atoms. The topological polar surface area (TPSA) is 49.8 Å². The molecule has 1 aromatic rings. The summed E-state index contributed by atoms with van der Waals surface area (Å²) in [6.45, 7) is 6.64. The van der Waals surface area contributed by atoms with Crippen molar-refractivity contribution in [2.24, 2.45) is 0 Å². The summed E-state index contributed by atoms with van der Waals surface area (Å²) in [6, 6.07) is 5.13. The largest absolute Gasteiger partial charge is 0.489 e. The highest BCUT2D eigenvalue weighted by molar-refractivity contribution is 6.37. The van der Waals surface area contributed by atoms with E-state index in [0.29, 0.717) is 35.5 Å². The van der Waals surface area contributed by atoms with Gasteiger partial charge in [-0.25, -0.2) is 0 Å². The van der Waals surface area contributed by atoms with Gasteiger partial charge in [0, 0.05) is 6.54 Å². The van der Waals surface area contributed by atoms with Crippen molar-refractivity contribution in [3.8, 4) is 5.75 Å². The fourth-order valence-corrected chi connectivity index (χ4v) is 2.35. The number of carboxylic acid groups (broad SMARTS) is 1. The molecule has 0 amide bonds. The number of para-hydroxylation sites is 1. The summed E-state index contributed by atoms with van der Waals surface area (Å²) in [4.78, 5) is 13.1. The monoisotopic (exact) mass is 319 g/mol. The number of halogens is 2. The second-order valence-electron chi connectivity index (χ2n) is 4.84. The third-order valence-corrected chi connectivity index (χ3v) is 3.82. The van der Waals surface area contributed by atoms with Crippen LogP contribution in [0, 0.1) is 0 Å². The van der Waals surface area contributed by atoms with E-state index in [2.05, 4.69) is 0 Å². The second-order valence-corrected chi connectivity index (χ2v) is 5.66. The van der Waals surface area contributed by atoms with Crippen molar-refractivity contribution in [2.75, 3.05) is 19.7 Å². The molecule has 0 aromatic heterocycles. The van der Waals surface area contributed by atoms with Crippen molar-refractivity contribution in [3.63, 3.8) is 0 Å². The Morgan fingerprint density at radius 1 is 1.35 bits per heavy atom. The Bertz CT molecular complexity index is 457. The number of benzene rings is 1. The summed E-state index contributed by atoms with van der Waals surface area (Å²) in [5.41, 5.74) is -0.942. The Balaban J connectivity index is 2.65. The van der Waals surface area contributed by atoms with Crippen LogP contribution in [0.5, 0.6) is 5.75 Å². The smallest absolute Gasteiger partial charge is 0.323 e. The van der Waals surface area contributed by atoms with Gasteiger partial charge in [0.1, 0.15) is 12.1 Å². The molecular formula is C14H19Cl2NO3. The van der Waals surface area contributed by atoms with Gasteiger partial charge >= 0.3 is 5.97 Å². The molecule has 4 nitrogen and oxygen atoms in total. The minimum Gasteiger partial charge on any atom is -0.489 e. The predicted octanol–water partition coefficient (Wildman–Crippen LogP) is 3.56. The molecule has 0 atom stereocenters. The molecule has 0 bridgehead atoms. The molecule has 0 saturated heterocycles. The van der Waals surface area contributed by atoms with Crippen LogP contribution in [-0.2, 0) is 4.79 Å². The van der Waals surface area contributed by atoms with E-state index in [0.717, 1.165) is 0 Å². The van der Waals surface area contributed by atoms with E-state index in [1.165, 1.54) is 0 Å². The van der Waals surface area contributed by atoms with Gasteiger partial charge in [-0.15, -0.1) is 0 Å². The van der Waals surface area contributed by atoms with Crippen LogP contribution >= 0.6 is 23.2 Å². The van der Waals surface area contributed by atoms with Crippen LogP contribution in [0.15, 0.2) is 18.2 Å². The fourth-order valence-electron chi connectivity index (χ4n) is 1.85. The molecule has 0 aliphatic heterocycles. The minimum absolute atomic E-state index is 0.313. The van der Waals surface area contributed by atoms with E-state index >= 15 is 0 Å². The molecule has 1 N–H and O–H groups in total. The van der Waals surface area contributed by atoms with Crippen molar-refractivity contribution in [1.29, 1.82) is 0 Å². The number of ether oxygens (including phenoxy) is 1. The molecule has 0 aliphatic rings. The van der Waals surface area contributed by atoms with Crippen molar-refractivity contribution in [2.45, 2.75) is 26.3 Å². The first kappa shape index (κ1) is 17.1. The average molecular weight is 320 g/mol. The maximum absolute atomic E-state index is 11.2. The Hall–Kier alpha value is -0.970. The zero-order valence-electron chi connectivity index (χ0n) is 11.8. The molecule has 6 heteroatoms. The fraction of sp³-hybridized carbons (Fsp3) is 0.500. The van der Waals surface area contributed by atoms with Crippen molar-refractivity contribution in [3.05, 3.63) is 28.2 Å². The molecule has 112 valence electrons. The van der Waals surface area contributed by atoms with Crippen LogP contribution in [-0.4, -0.2) is 41.2 Å². The summed E-state index contributed by atoms with van der Waals surface area (Å²) >= 11 is 12.0. The molecule has 0 saturated carbocycles. The zero-order chi connectivity index (χ0) is 15.3. The van der Waals surface area contributed by atoms with Crippen LogP contribution in [0.2, 0.25) is 10.0 Å². The lowest BCUT2D eigenvalue weighted by molar-refractivity contribution is -0.149. The van der Waals surface area contributed by atoms with Crippen molar-refractivity contribution in [1.82, 2.24) is 4.90 Å². The first-order valence-electron chi connectivity index (χ1n) is 6.36. The van der Waals surface area contributed by atoms with Crippen molar-refractivity contribution < 1.29 is 14.6 Å². The lowest BCUT2D eigenvalue weighted by Crippen LogP contribution is -2.51. The summed E-state index contributed by atoms with van der Waals surface area (Å²) in [5.74, 6) is -0.435. The highest BCUT2D eigenvalue weighted by atomic mass is 35.5. The standard InChI is InChI=1S/C14H19Cl2NO3/c1-4-17(14(2,3)13(18)19)8-9-20-12-10(15)6-5-7-11(12)16/h5-7H,4,8-9H2,1-3H3,(H,18,19). The second kappa shape index (κ2) is 7.16. The van der Waals surface area contributed by atoms with Gasteiger partial charge in [-0.1, -0.05) is 36.2 Å². The summed E-state index contributed by atoms with van der Waals surface area (Å²) < 4.78 is 5.58. The first-order chi connectivity index (χ1) is 9.30. The van der Waals surface area contributed by atoms with E-state index in [4.69, 9.17) is 27.9 Å². The summed E-state index contributed by atoms with van der Waals surface area (Å²) in [5, 5.41) is 10.1. The molecule has 0 radical (unpaired) electrons. The summed E-state index contributed by atoms with van der Waals surface area (Å²) in [7, 11) is 0. The van der Waals surface area contributed by atoms with E-state index in [1.54, 1.807) is 32.0 Å². The van der Waals surface area contributed by atoms with Gasteiger partial charge in [0.05, 0.1) is 10.0 Å². The molecule has 0 heterocycles. The van der Waals surface area contributed by atoms with Crippen molar-refractivity contribution >= 4 is 29.2 Å². The Morgan fingerprint density at radius 3 is 2.35 bits per heavy atom. The molecule has 0 aliphatic carbocycles. The zero-order valence-corrected chi connectivity index (χ0v) is 13.3. The molecule has 0 unspecified atom stereocenters. The van der Waals surface area contributed by atoms with E-state index in [9.17, 15) is 9.90 Å². The third kappa shape index (κ3) is 4.01. The number of aliphatic carboxylic acids is 1. The number of carbonyl (C=O) groups is 1. The molecule has 1 rings (SSSR count). The van der Waals surface area contributed by atoms with Gasteiger partial charge in [0.25, 0.3) is 0 Å². The van der Waals surface area contributed by atoms with Gasteiger partial charge in [-0.3, -0.25) is 9.69 Å². The number of rotatable bonds is 7. The molecule has 20 heavy (non-hydrogen) atoms. The minimum atomic E-state index is -0.942. The number of nitrogens with zero attached hydrogens (tertiary/aromatic N) is 1. The average Bonchev–Trinajstić information content (AvgIpc) is 2.37. The lowest BCUT2D eigenvalue weighted by atomic mass is 10.0. The van der Waals surface area contributed by atoms with E-state index in [-0.39, 0.29) is 0 Å². The van der Waals surface area contributed by atoms with E-state index < -0.39 is 11.5 Å². The van der Waals surface area contributed by atoms with Crippen LogP contribution in [0.25, 0.3) is 0 Å².